The van der Waals surface area contributed by atoms with Gasteiger partial charge in [0.25, 0.3) is 5.56 Å². The fraction of sp³-hybridized carbons (Fsp3) is 0.0833. The fourth-order valence-corrected chi connectivity index (χ4v) is 1.55. The van der Waals surface area contributed by atoms with E-state index in [0.717, 1.165) is 29.0 Å². The molecule has 0 atom stereocenters. The second kappa shape index (κ2) is 4.86. The summed E-state index contributed by atoms with van der Waals surface area (Å²) >= 11 is 0. The Morgan fingerprint density at radius 2 is 2.05 bits per heavy atom. The van der Waals surface area contributed by atoms with Crippen molar-refractivity contribution in [3.05, 3.63) is 68.0 Å². The molecule has 1 N–H and O–H groups in total. The third-order valence-corrected chi connectivity index (χ3v) is 2.48. The molecule has 0 bridgehead atoms. The summed E-state index contributed by atoms with van der Waals surface area (Å²) in [6.45, 7) is -0.284. The van der Waals surface area contributed by atoms with Gasteiger partial charge in [0.15, 0.2) is 0 Å². The van der Waals surface area contributed by atoms with Crippen molar-refractivity contribution in [1.82, 2.24) is 9.55 Å². The quantitative estimate of drug-likeness (QED) is 0.867. The first-order valence-corrected chi connectivity index (χ1v) is 5.19. The number of halogens is 2. The third kappa shape index (κ3) is 2.57. The number of hydrogen-bond acceptors (Lipinski definition) is 3. The van der Waals surface area contributed by atoms with E-state index in [4.69, 9.17) is 5.26 Å². The number of benzene rings is 1. The van der Waals surface area contributed by atoms with Crippen LogP contribution in [0.2, 0.25) is 0 Å². The van der Waals surface area contributed by atoms with Gasteiger partial charge >= 0.3 is 5.69 Å². The molecular weight excluding hydrogens is 256 g/mol. The Hall–Kier alpha value is -2.75. The first kappa shape index (κ1) is 12.7. The zero-order chi connectivity index (χ0) is 14.0. The summed E-state index contributed by atoms with van der Waals surface area (Å²) in [5, 5.41) is 8.68. The van der Waals surface area contributed by atoms with E-state index < -0.39 is 22.9 Å². The molecule has 96 valence electrons. The van der Waals surface area contributed by atoms with Gasteiger partial charge in [-0.1, -0.05) is 0 Å². The van der Waals surface area contributed by atoms with E-state index >= 15 is 0 Å². The molecule has 0 amide bonds. The van der Waals surface area contributed by atoms with Crippen molar-refractivity contribution in [3.8, 4) is 6.07 Å². The van der Waals surface area contributed by atoms with Crippen molar-refractivity contribution in [2.75, 3.05) is 0 Å². The third-order valence-electron chi connectivity index (χ3n) is 2.48. The molecule has 0 saturated carbocycles. The van der Waals surface area contributed by atoms with Gasteiger partial charge in [0.1, 0.15) is 23.3 Å². The van der Waals surface area contributed by atoms with Gasteiger partial charge in [0.05, 0.1) is 6.54 Å². The minimum absolute atomic E-state index is 0.0574. The van der Waals surface area contributed by atoms with E-state index in [1.54, 1.807) is 6.07 Å². The summed E-state index contributed by atoms with van der Waals surface area (Å²) in [5.74, 6) is -1.33. The van der Waals surface area contributed by atoms with Gasteiger partial charge in [-0.3, -0.25) is 14.3 Å². The normalized spacial score (nSPS) is 10.2. The molecular formula is C12H7F2N3O2. The number of nitrogens with zero attached hydrogens (tertiary/aromatic N) is 2. The van der Waals surface area contributed by atoms with E-state index in [9.17, 15) is 18.4 Å². The van der Waals surface area contributed by atoms with E-state index in [1.165, 1.54) is 0 Å². The number of H-pyrrole nitrogens is 1. The van der Waals surface area contributed by atoms with Crippen LogP contribution in [0.25, 0.3) is 0 Å². The summed E-state index contributed by atoms with van der Waals surface area (Å²) in [7, 11) is 0. The van der Waals surface area contributed by atoms with Crippen molar-refractivity contribution in [2.24, 2.45) is 0 Å². The first-order chi connectivity index (χ1) is 9.01. The van der Waals surface area contributed by atoms with Crippen LogP contribution in [0.5, 0.6) is 0 Å². The highest BCUT2D eigenvalue weighted by atomic mass is 19.1. The Morgan fingerprint density at radius 3 is 2.74 bits per heavy atom. The highest BCUT2D eigenvalue weighted by Crippen LogP contribution is 2.10. The minimum atomic E-state index is -0.816. The van der Waals surface area contributed by atoms with Crippen LogP contribution in [0.3, 0.4) is 0 Å². The second-order valence-electron chi connectivity index (χ2n) is 3.78. The molecule has 1 aromatic heterocycles. The molecule has 0 spiro atoms. The molecule has 2 rings (SSSR count). The van der Waals surface area contributed by atoms with Gasteiger partial charge in [-0.05, 0) is 18.2 Å². The van der Waals surface area contributed by atoms with Gasteiger partial charge in [0.2, 0.25) is 0 Å². The fourth-order valence-electron chi connectivity index (χ4n) is 1.55. The Labute approximate surface area is 105 Å². The lowest BCUT2D eigenvalue weighted by atomic mass is 10.2. The summed E-state index contributed by atoms with van der Waals surface area (Å²) in [6, 6.07) is 4.44. The predicted octanol–water partition coefficient (Wildman–Crippen LogP) is 0.735. The zero-order valence-electron chi connectivity index (χ0n) is 9.48. The highest BCUT2D eigenvalue weighted by molar-refractivity contribution is 5.23. The number of nitriles is 1. The molecule has 7 heteroatoms. The topological polar surface area (TPSA) is 78.7 Å². The molecule has 1 heterocycles. The number of aromatic nitrogens is 2. The zero-order valence-corrected chi connectivity index (χ0v) is 9.48. The van der Waals surface area contributed by atoms with Crippen LogP contribution in [0, 0.1) is 23.0 Å². The monoisotopic (exact) mass is 263 g/mol. The first-order valence-electron chi connectivity index (χ1n) is 5.19. The summed E-state index contributed by atoms with van der Waals surface area (Å²) < 4.78 is 27.4. The number of rotatable bonds is 2. The highest BCUT2D eigenvalue weighted by Gasteiger charge is 2.08. The maximum absolute atomic E-state index is 13.4. The molecule has 19 heavy (non-hydrogen) atoms. The Bertz CT molecular complexity index is 787. The number of hydrogen-bond donors (Lipinski definition) is 1. The van der Waals surface area contributed by atoms with Crippen molar-refractivity contribution in [3.63, 3.8) is 0 Å². The van der Waals surface area contributed by atoms with Crippen LogP contribution in [0.15, 0.2) is 34.0 Å². The summed E-state index contributed by atoms with van der Waals surface area (Å²) in [4.78, 5) is 24.6. The molecule has 0 aliphatic carbocycles. The maximum Gasteiger partial charge on any atom is 0.328 e. The largest absolute Gasteiger partial charge is 0.328 e. The molecule has 0 fully saturated rings. The predicted molar refractivity (Wildman–Crippen MR) is 61.5 cm³/mol. The van der Waals surface area contributed by atoms with E-state index in [2.05, 4.69) is 0 Å². The Kier molecular flexibility index (Phi) is 3.25. The number of aromatic amines is 1. The average molecular weight is 263 g/mol. The Morgan fingerprint density at radius 1 is 1.32 bits per heavy atom. The Balaban J connectivity index is 2.50. The lowest BCUT2D eigenvalue weighted by molar-refractivity contribution is 0.572. The molecule has 2 aromatic rings. The molecule has 0 radical (unpaired) electrons. The van der Waals surface area contributed by atoms with Crippen LogP contribution in [-0.4, -0.2) is 9.55 Å². The van der Waals surface area contributed by atoms with Crippen molar-refractivity contribution in [2.45, 2.75) is 6.54 Å². The van der Waals surface area contributed by atoms with Gasteiger partial charge in [0, 0.05) is 11.8 Å². The van der Waals surface area contributed by atoms with Crippen molar-refractivity contribution >= 4 is 0 Å². The molecule has 5 nitrogen and oxygen atoms in total. The molecule has 0 saturated heterocycles. The van der Waals surface area contributed by atoms with Crippen LogP contribution < -0.4 is 11.2 Å². The van der Waals surface area contributed by atoms with Gasteiger partial charge < -0.3 is 0 Å². The van der Waals surface area contributed by atoms with Crippen molar-refractivity contribution in [1.29, 1.82) is 5.26 Å². The molecule has 1 aromatic carbocycles. The molecule has 0 unspecified atom stereocenters. The summed E-state index contributed by atoms with van der Waals surface area (Å²) in [5.41, 5.74) is -1.95. The van der Waals surface area contributed by atoms with Crippen molar-refractivity contribution < 1.29 is 8.78 Å². The average Bonchev–Trinajstić information content (AvgIpc) is 2.37. The van der Waals surface area contributed by atoms with E-state index in [0.29, 0.717) is 0 Å². The van der Waals surface area contributed by atoms with Crippen LogP contribution in [0.1, 0.15) is 11.1 Å². The van der Waals surface area contributed by atoms with Gasteiger partial charge in [-0.2, -0.15) is 5.26 Å². The standard InChI is InChI=1S/C12H7F2N3O2/c13-9-1-2-10(14)7(3-9)5-17-6-8(4-15)11(18)16-12(17)19/h1-3,6H,5H2,(H,16,18,19). The lowest BCUT2D eigenvalue weighted by Crippen LogP contribution is -2.31. The number of nitrogens with one attached hydrogen (secondary N) is 1. The van der Waals surface area contributed by atoms with Crippen LogP contribution in [-0.2, 0) is 6.54 Å². The smallest absolute Gasteiger partial charge is 0.295 e. The van der Waals surface area contributed by atoms with Gasteiger partial charge in [-0.25, -0.2) is 13.6 Å². The molecule has 0 aliphatic rings. The minimum Gasteiger partial charge on any atom is -0.295 e. The maximum atomic E-state index is 13.4. The van der Waals surface area contributed by atoms with Crippen LogP contribution >= 0.6 is 0 Å². The molecule has 0 aliphatic heterocycles. The van der Waals surface area contributed by atoms with E-state index in [1.807, 2.05) is 4.98 Å². The lowest BCUT2D eigenvalue weighted by Gasteiger charge is -2.06. The van der Waals surface area contributed by atoms with Gasteiger partial charge in [-0.15, -0.1) is 0 Å². The van der Waals surface area contributed by atoms with Crippen LogP contribution in [0.4, 0.5) is 8.78 Å². The SMILES string of the molecule is N#Cc1cn(Cc2cc(F)ccc2F)c(=O)[nH]c1=O. The van der Waals surface area contributed by atoms with E-state index in [-0.39, 0.29) is 17.7 Å². The summed E-state index contributed by atoms with van der Waals surface area (Å²) in [6.07, 6.45) is 1.01. The second-order valence-corrected chi connectivity index (χ2v) is 3.78.